The summed E-state index contributed by atoms with van der Waals surface area (Å²) in [5.41, 5.74) is 3.95. The van der Waals surface area contributed by atoms with Gasteiger partial charge >= 0.3 is 0 Å². The van der Waals surface area contributed by atoms with E-state index in [1.54, 1.807) is 0 Å². The molecule has 2 aromatic heterocycles. The third kappa shape index (κ3) is 5.01. The average Bonchev–Trinajstić information content (AvgIpc) is 3.55. The number of H-pyrrole nitrogens is 2. The molecule has 0 bridgehead atoms. The lowest BCUT2D eigenvalue weighted by Gasteiger charge is -2.37. The van der Waals surface area contributed by atoms with Crippen LogP contribution in [0.3, 0.4) is 0 Å². The number of aromatic nitrogens is 5. The number of benzene rings is 3. The van der Waals surface area contributed by atoms with Gasteiger partial charge in [0.2, 0.25) is 0 Å². The molecule has 0 radical (unpaired) electrons. The maximum atomic E-state index is 6.21. The molecule has 0 spiro atoms. The van der Waals surface area contributed by atoms with Crippen LogP contribution in [0.1, 0.15) is 19.7 Å². The number of rotatable bonds is 7. The number of nitrogens with one attached hydrogen (secondary N) is 2. The van der Waals surface area contributed by atoms with Crippen LogP contribution in [-0.2, 0) is 6.42 Å². The summed E-state index contributed by atoms with van der Waals surface area (Å²) in [7, 11) is 4.36. The summed E-state index contributed by atoms with van der Waals surface area (Å²) in [6, 6.07) is 19.4. The normalized spacial score (nSPS) is 17.1. The minimum atomic E-state index is 0.406. The smallest absolute Gasteiger partial charge is 0.181 e. The summed E-state index contributed by atoms with van der Waals surface area (Å²) >= 11 is 0. The minimum absolute atomic E-state index is 0.406. The van der Waals surface area contributed by atoms with Crippen LogP contribution in [0.2, 0.25) is 0 Å². The van der Waals surface area contributed by atoms with Gasteiger partial charge in [0.25, 0.3) is 0 Å². The Kier molecular flexibility index (Phi) is 6.59. The van der Waals surface area contributed by atoms with Crippen LogP contribution >= 0.6 is 0 Å². The molecule has 8 heteroatoms. The van der Waals surface area contributed by atoms with Crippen LogP contribution in [0.15, 0.2) is 54.6 Å². The zero-order chi connectivity index (χ0) is 26.2. The van der Waals surface area contributed by atoms with Gasteiger partial charge in [0.15, 0.2) is 5.82 Å². The molecule has 8 nitrogen and oxygen atoms in total. The minimum Gasteiger partial charge on any atom is -0.492 e. The molecule has 1 fully saturated rings. The van der Waals surface area contributed by atoms with Gasteiger partial charge in [-0.3, -0.25) is 15.1 Å². The summed E-state index contributed by atoms with van der Waals surface area (Å²) in [6.07, 6.45) is 0.880. The number of aromatic amines is 2. The molecule has 3 heterocycles. The maximum Gasteiger partial charge on any atom is 0.181 e. The molecule has 1 atom stereocenters. The highest BCUT2D eigenvalue weighted by Crippen LogP contribution is 2.32. The number of hydrogen-bond acceptors (Lipinski definition) is 6. The highest BCUT2D eigenvalue weighted by Gasteiger charge is 2.22. The first kappa shape index (κ1) is 24.6. The molecule has 6 rings (SSSR count). The van der Waals surface area contributed by atoms with E-state index < -0.39 is 0 Å². The molecule has 1 aliphatic rings. The standard InChI is InChI=1S/C30H35N7O/c1-19(2)13-28-31-30(35-33-28)23-8-10-27-26(16-23)29(34-32-27)22-6-5-21-15-25(9-7-20(21)14-22)38-18-24-17-36(3)11-12-37(24)4/h5-10,14-16,19,24H,11-13,17-18H2,1-4H3,(H,32,34)(H,31,33,35). The predicted molar refractivity (Wildman–Crippen MR) is 152 cm³/mol. The van der Waals surface area contributed by atoms with Crippen molar-refractivity contribution >= 4 is 21.7 Å². The molecule has 196 valence electrons. The van der Waals surface area contributed by atoms with E-state index in [1.165, 1.54) is 0 Å². The predicted octanol–water partition coefficient (Wildman–Crippen LogP) is 4.99. The average molecular weight is 510 g/mol. The quantitative estimate of drug-likeness (QED) is 0.321. The lowest BCUT2D eigenvalue weighted by atomic mass is 10.0. The van der Waals surface area contributed by atoms with Crippen molar-refractivity contribution in [1.29, 1.82) is 0 Å². The second-order valence-electron chi connectivity index (χ2n) is 11.0. The molecule has 0 amide bonds. The molecular weight excluding hydrogens is 474 g/mol. The number of piperazine rings is 1. The van der Waals surface area contributed by atoms with Crippen LogP contribution < -0.4 is 4.74 Å². The van der Waals surface area contributed by atoms with Gasteiger partial charge in [0.05, 0.1) is 17.3 Å². The van der Waals surface area contributed by atoms with E-state index in [2.05, 4.69) is 101 Å². The first-order chi connectivity index (χ1) is 18.4. The van der Waals surface area contributed by atoms with Gasteiger partial charge in [-0.2, -0.15) is 10.2 Å². The van der Waals surface area contributed by atoms with E-state index in [-0.39, 0.29) is 0 Å². The number of likely N-dealkylation sites (N-methyl/N-ethyl adjacent to an activating group) is 2. The van der Waals surface area contributed by atoms with Crippen molar-refractivity contribution in [3.05, 3.63) is 60.4 Å². The van der Waals surface area contributed by atoms with Gasteiger partial charge in [-0.05, 0) is 67.2 Å². The molecule has 1 saturated heterocycles. The third-order valence-corrected chi connectivity index (χ3v) is 7.46. The number of hydrogen-bond donors (Lipinski definition) is 2. The van der Waals surface area contributed by atoms with E-state index in [9.17, 15) is 0 Å². The molecule has 38 heavy (non-hydrogen) atoms. The monoisotopic (exact) mass is 509 g/mol. The van der Waals surface area contributed by atoms with Crippen LogP contribution in [-0.4, -0.2) is 81.6 Å². The first-order valence-electron chi connectivity index (χ1n) is 13.4. The van der Waals surface area contributed by atoms with Gasteiger partial charge in [-0.1, -0.05) is 32.0 Å². The fourth-order valence-corrected chi connectivity index (χ4v) is 5.21. The highest BCUT2D eigenvalue weighted by atomic mass is 16.5. The van der Waals surface area contributed by atoms with Crippen LogP contribution in [0.4, 0.5) is 0 Å². The largest absolute Gasteiger partial charge is 0.492 e. The van der Waals surface area contributed by atoms with Crippen LogP contribution in [0.5, 0.6) is 5.75 Å². The Morgan fingerprint density at radius 1 is 0.921 bits per heavy atom. The lowest BCUT2D eigenvalue weighted by Crippen LogP contribution is -2.52. The van der Waals surface area contributed by atoms with Gasteiger partial charge < -0.3 is 9.64 Å². The second-order valence-corrected chi connectivity index (χ2v) is 11.0. The van der Waals surface area contributed by atoms with Crippen molar-refractivity contribution in [3.8, 4) is 28.4 Å². The van der Waals surface area contributed by atoms with Gasteiger partial charge in [-0.15, -0.1) is 0 Å². The zero-order valence-corrected chi connectivity index (χ0v) is 22.5. The van der Waals surface area contributed by atoms with E-state index in [1.807, 2.05) is 12.1 Å². The zero-order valence-electron chi connectivity index (χ0n) is 22.5. The maximum absolute atomic E-state index is 6.21. The van der Waals surface area contributed by atoms with Crippen LogP contribution in [0, 0.1) is 5.92 Å². The summed E-state index contributed by atoms with van der Waals surface area (Å²) in [5, 5.41) is 18.7. The first-order valence-corrected chi connectivity index (χ1v) is 13.4. The van der Waals surface area contributed by atoms with E-state index in [0.29, 0.717) is 24.4 Å². The van der Waals surface area contributed by atoms with Gasteiger partial charge in [-0.25, -0.2) is 4.98 Å². The molecule has 5 aromatic rings. The second kappa shape index (κ2) is 10.2. The topological polar surface area (TPSA) is 86.0 Å². The molecular formula is C30H35N7O. The van der Waals surface area contributed by atoms with Gasteiger partial charge in [0.1, 0.15) is 18.2 Å². The molecule has 2 N–H and O–H groups in total. The van der Waals surface area contributed by atoms with Crippen molar-refractivity contribution < 1.29 is 4.74 Å². The third-order valence-electron chi connectivity index (χ3n) is 7.46. The number of ether oxygens (including phenoxy) is 1. The molecule has 3 aromatic carbocycles. The fraction of sp³-hybridized carbons (Fsp3) is 0.367. The van der Waals surface area contributed by atoms with Crippen molar-refractivity contribution in [1.82, 2.24) is 35.2 Å². The van der Waals surface area contributed by atoms with Crippen molar-refractivity contribution in [3.63, 3.8) is 0 Å². The Labute approximate surface area is 223 Å². The van der Waals surface area contributed by atoms with Crippen molar-refractivity contribution in [2.45, 2.75) is 26.3 Å². The van der Waals surface area contributed by atoms with E-state index in [0.717, 1.165) is 76.1 Å². The molecule has 1 aliphatic heterocycles. The highest BCUT2D eigenvalue weighted by molar-refractivity contribution is 5.97. The molecule has 1 unspecified atom stereocenters. The fourth-order valence-electron chi connectivity index (χ4n) is 5.21. The Bertz CT molecular complexity index is 1570. The summed E-state index contributed by atoms with van der Waals surface area (Å²) in [4.78, 5) is 9.46. The Morgan fingerprint density at radius 3 is 2.61 bits per heavy atom. The van der Waals surface area contributed by atoms with E-state index >= 15 is 0 Å². The number of fused-ring (bicyclic) bond motifs is 2. The molecule has 0 aliphatic carbocycles. The van der Waals surface area contributed by atoms with Crippen LogP contribution in [0.25, 0.3) is 44.3 Å². The summed E-state index contributed by atoms with van der Waals surface area (Å²) in [6.45, 7) is 8.26. The summed E-state index contributed by atoms with van der Waals surface area (Å²) < 4.78 is 6.21. The Hall–Kier alpha value is -3.75. The van der Waals surface area contributed by atoms with Crippen molar-refractivity contribution in [2.75, 3.05) is 40.3 Å². The van der Waals surface area contributed by atoms with Crippen molar-refractivity contribution in [2.24, 2.45) is 5.92 Å². The van der Waals surface area contributed by atoms with E-state index in [4.69, 9.17) is 9.72 Å². The Balaban J connectivity index is 1.24. The summed E-state index contributed by atoms with van der Waals surface area (Å²) in [5.74, 6) is 3.06. The lowest BCUT2D eigenvalue weighted by molar-refractivity contribution is 0.0782. The van der Waals surface area contributed by atoms with Gasteiger partial charge in [0, 0.05) is 42.6 Å². The SMILES string of the molecule is CC(C)Cc1nc(-c2ccc3[nH]nc(-c4ccc5cc(OCC6CN(C)CCN6C)ccc5c4)c3c2)n[nH]1. The number of nitrogens with zero attached hydrogens (tertiary/aromatic N) is 5. The molecule has 0 saturated carbocycles. The Morgan fingerprint density at radius 2 is 1.74 bits per heavy atom.